The highest BCUT2D eigenvalue weighted by molar-refractivity contribution is 5.37. The molecule has 2 aromatic rings. The first kappa shape index (κ1) is 13.5. The van der Waals surface area contributed by atoms with Crippen LogP contribution in [-0.2, 0) is 6.54 Å². The molecule has 2 rings (SSSR count). The van der Waals surface area contributed by atoms with Gasteiger partial charge in [-0.1, -0.05) is 12.1 Å². The van der Waals surface area contributed by atoms with Crippen molar-refractivity contribution in [1.82, 2.24) is 14.3 Å². The molecule has 19 heavy (non-hydrogen) atoms. The average Bonchev–Trinajstić information content (AvgIpc) is 2.39. The summed E-state index contributed by atoms with van der Waals surface area (Å²) < 4.78 is 1.51. The number of fused-ring (bicyclic) bond motifs is 1. The van der Waals surface area contributed by atoms with Crippen LogP contribution >= 0.6 is 0 Å². The second-order valence-electron chi connectivity index (χ2n) is 4.26. The van der Waals surface area contributed by atoms with Crippen LogP contribution in [-0.4, -0.2) is 39.1 Å². The Morgan fingerprint density at radius 3 is 3.05 bits per heavy atom. The molecule has 5 heteroatoms. The molecule has 0 aliphatic rings. The second-order valence-corrected chi connectivity index (χ2v) is 4.26. The molecule has 0 radical (unpaired) electrons. The topological polar surface area (TPSA) is 57.8 Å². The van der Waals surface area contributed by atoms with Crippen molar-refractivity contribution in [3.8, 4) is 0 Å². The van der Waals surface area contributed by atoms with Crippen LogP contribution in [0.3, 0.4) is 0 Å². The molecule has 100 valence electrons. The Morgan fingerprint density at radius 1 is 1.47 bits per heavy atom. The maximum atomic E-state index is 11.9. The quantitative estimate of drug-likeness (QED) is 0.775. The van der Waals surface area contributed by atoms with Crippen molar-refractivity contribution in [3.63, 3.8) is 0 Å². The number of aromatic nitrogens is 2. The highest BCUT2D eigenvalue weighted by atomic mass is 16.3. The van der Waals surface area contributed by atoms with Gasteiger partial charge in [-0.15, -0.1) is 6.58 Å². The molecule has 0 saturated carbocycles. The monoisotopic (exact) mass is 259 g/mol. The minimum atomic E-state index is -0.0943. The van der Waals surface area contributed by atoms with Crippen molar-refractivity contribution in [2.75, 3.05) is 19.7 Å². The summed E-state index contributed by atoms with van der Waals surface area (Å²) in [6.07, 6.45) is 3.47. The van der Waals surface area contributed by atoms with Gasteiger partial charge in [0.2, 0.25) is 0 Å². The zero-order valence-corrected chi connectivity index (χ0v) is 10.7. The zero-order chi connectivity index (χ0) is 13.7. The third-order valence-corrected chi connectivity index (χ3v) is 2.81. The second kappa shape index (κ2) is 6.26. The summed E-state index contributed by atoms with van der Waals surface area (Å²) in [5.41, 5.74) is 1.24. The summed E-state index contributed by atoms with van der Waals surface area (Å²) in [4.78, 5) is 18.4. The third-order valence-electron chi connectivity index (χ3n) is 2.81. The fourth-order valence-corrected chi connectivity index (χ4v) is 1.97. The number of hydrogen-bond acceptors (Lipinski definition) is 4. The van der Waals surface area contributed by atoms with Crippen molar-refractivity contribution >= 4 is 5.65 Å². The highest BCUT2D eigenvalue weighted by Gasteiger charge is 2.07. The lowest BCUT2D eigenvalue weighted by Crippen LogP contribution is -2.28. The number of aliphatic hydroxyl groups excluding tert-OH is 1. The Kier molecular flexibility index (Phi) is 4.43. The molecule has 0 aliphatic carbocycles. The normalized spacial score (nSPS) is 11.1. The Labute approximate surface area is 111 Å². The van der Waals surface area contributed by atoms with Gasteiger partial charge in [0.25, 0.3) is 5.56 Å². The number of aliphatic hydroxyl groups is 1. The predicted molar refractivity (Wildman–Crippen MR) is 74.0 cm³/mol. The van der Waals surface area contributed by atoms with Gasteiger partial charge >= 0.3 is 0 Å². The molecule has 0 bridgehead atoms. The van der Waals surface area contributed by atoms with Gasteiger partial charge in [-0.25, -0.2) is 4.98 Å². The van der Waals surface area contributed by atoms with E-state index in [1.807, 2.05) is 11.0 Å². The van der Waals surface area contributed by atoms with Gasteiger partial charge < -0.3 is 5.11 Å². The minimum absolute atomic E-state index is 0.0698. The number of pyridine rings is 1. The van der Waals surface area contributed by atoms with E-state index in [1.54, 1.807) is 24.4 Å². The van der Waals surface area contributed by atoms with Crippen LogP contribution in [0, 0.1) is 0 Å². The Bertz CT molecular complexity index is 621. The van der Waals surface area contributed by atoms with E-state index in [4.69, 9.17) is 5.11 Å². The van der Waals surface area contributed by atoms with Gasteiger partial charge in [0.15, 0.2) is 0 Å². The number of nitrogens with zero attached hydrogens (tertiary/aromatic N) is 3. The summed E-state index contributed by atoms with van der Waals surface area (Å²) in [5.74, 6) is 0. The molecule has 0 aliphatic heterocycles. The van der Waals surface area contributed by atoms with E-state index in [0.717, 1.165) is 0 Å². The smallest absolute Gasteiger partial charge is 0.258 e. The molecule has 0 fully saturated rings. The zero-order valence-electron chi connectivity index (χ0n) is 10.7. The lowest BCUT2D eigenvalue weighted by molar-refractivity contribution is 0.202. The van der Waals surface area contributed by atoms with E-state index >= 15 is 0 Å². The summed E-state index contributed by atoms with van der Waals surface area (Å²) >= 11 is 0. The van der Waals surface area contributed by atoms with Crippen LogP contribution in [0.25, 0.3) is 5.65 Å². The fraction of sp³-hybridized carbons (Fsp3) is 0.286. The van der Waals surface area contributed by atoms with E-state index in [2.05, 4.69) is 11.6 Å². The molecule has 5 nitrogen and oxygen atoms in total. The largest absolute Gasteiger partial charge is 0.395 e. The van der Waals surface area contributed by atoms with Crippen LogP contribution < -0.4 is 5.56 Å². The van der Waals surface area contributed by atoms with Crippen LogP contribution in [0.5, 0.6) is 0 Å². The van der Waals surface area contributed by atoms with Crippen molar-refractivity contribution in [2.45, 2.75) is 6.54 Å². The van der Waals surface area contributed by atoms with Gasteiger partial charge in [0.05, 0.1) is 12.3 Å². The molecular formula is C14H17N3O2. The molecular weight excluding hydrogens is 242 g/mol. The lowest BCUT2D eigenvalue weighted by Gasteiger charge is -2.18. The van der Waals surface area contributed by atoms with Crippen molar-refractivity contribution in [3.05, 3.63) is 59.2 Å². The summed E-state index contributed by atoms with van der Waals surface area (Å²) in [6.45, 7) is 5.45. The molecule has 0 aromatic carbocycles. The Balaban J connectivity index is 2.29. The van der Waals surface area contributed by atoms with E-state index in [1.165, 1.54) is 10.5 Å². The van der Waals surface area contributed by atoms with Crippen molar-refractivity contribution in [1.29, 1.82) is 0 Å². The van der Waals surface area contributed by atoms with Gasteiger partial charge in [0, 0.05) is 31.9 Å². The van der Waals surface area contributed by atoms with Gasteiger partial charge in [-0.05, 0) is 12.1 Å². The first-order valence-corrected chi connectivity index (χ1v) is 6.16. The van der Waals surface area contributed by atoms with Crippen LogP contribution in [0.2, 0.25) is 0 Å². The van der Waals surface area contributed by atoms with E-state index in [-0.39, 0.29) is 12.2 Å². The molecule has 1 N–H and O–H groups in total. The highest BCUT2D eigenvalue weighted by Crippen LogP contribution is 2.02. The lowest BCUT2D eigenvalue weighted by atomic mass is 10.3. The first-order chi connectivity index (χ1) is 9.24. The summed E-state index contributed by atoms with van der Waals surface area (Å²) in [5, 5.41) is 9.01. The third kappa shape index (κ3) is 3.27. The van der Waals surface area contributed by atoms with Crippen LogP contribution in [0.15, 0.2) is 47.9 Å². The SMILES string of the molecule is C=CCN(CCO)Cc1cc(=O)n2ccccc2n1. The number of hydrogen-bond donors (Lipinski definition) is 1. The predicted octanol–water partition coefficient (Wildman–Crippen LogP) is 0.675. The van der Waals surface area contributed by atoms with E-state index in [0.29, 0.717) is 31.0 Å². The van der Waals surface area contributed by atoms with E-state index < -0.39 is 0 Å². The molecule has 2 aromatic heterocycles. The summed E-state index contributed by atoms with van der Waals surface area (Å²) in [6, 6.07) is 6.97. The molecule has 0 atom stereocenters. The van der Waals surface area contributed by atoms with Crippen molar-refractivity contribution in [2.24, 2.45) is 0 Å². The molecule has 0 unspecified atom stereocenters. The standard InChI is InChI=1S/C14H17N3O2/c1-2-6-16(8-9-18)11-12-10-14(19)17-7-4-3-5-13(17)15-12/h2-5,7,10,18H,1,6,8-9,11H2. The maximum absolute atomic E-state index is 11.9. The Morgan fingerprint density at radius 2 is 2.32 bits per heavy atom. The van der Waals surface area contributed by atoms with Crippen molar-refractivity contribution < 1.29 is 5.11 Å². The average molecular weight is 259 g/mol. The first-order valence-electron chi connectivity index (χ1n) is 6.16. The van der Waals surface area contributed by atoms with E-state index in [9.17, 15) is 4.79 Å². The van der Waals surface area contributed by atoms with Gasteiger partial charge in [-0.2, -0.15) is 0 Å². The maximum Gasteiger partial charge on any atom is 0.258 e. The Hall–Kier alpha value is -1.98. The fourth-order valence-electron chi connectivity index (χ4n) is 1.97. The molecule has 0 amide bonds. The van der Waals surface area contributed by atoms with Gasteiger partial charge in [-0.3, -0.25) is 14.1 Å². The van der Waals surface area contributed by atoms with Gasteiger partial charge in [0.1, 0.15) is 5.65 Å². The number of rotatable bonds is 6. The summed E-state index contributed by atoms with van der Waals surface area (Å²) in [7, 11) is 0. The van der Waals surface area contributed by atoms with Crippen LogP contribution in [0.4, 0.5) is 0 Å². The minimum Gasteiger partial charge on any atom is -0.395 e. The molecule has 2 heterocycles. The van der Waals surface area contributed by atoms with Crippen LogP contribution in [0.1, 0.15) is 5.69 Å². The molecule has 0 spiro atoms. The molecule has 0 saturated heterocycles.